The van der Waals surface area contributed by atoms with Gasteiger partial charge in [-0.2, -0.15) is 5.10 Å². The minimum atomic E-state index is 0.138. The Balaban J connectivity index is 3.13. The summed E-state index contributed by atoms with van der Waals surface area (Å²) in [7, 11) is 3.67. The second-order valence-electron chi connectivity index (χ2n) is 3.09. The van der Waals surface area contributed by atoms with Crippen molar-refractivity contribution in [3.63, 3.8) is 0 Å². The van der Waals surface area contributed by atoms with Crippen LogP contribution in [0.3, 0.4) is 0 Å². The van der Waals surface area contributed by atoms with Gasteiger partial charge in [-0.3, -0.25) is 4.68 Å². The van der Waals surface area contributed by atoms with E-state index in [1.54, 1.807) is 7.11 Å². The summed E-state index contributed by atoms with van der Waals surface area (Å²) in [5.41, 5.74) is 3.45. The van der Waals surface area contributed by atoms with E-state index < -0.39 is 0 Å². The predicted molar refractivity (Wildman–Crippen MR) is 48.1 cm³/mol. The first-order valence-corrected chi connectivity index (χ1v) is 4.10. The van der Waals surface area contributed by atoms with Gasteiger partial charge in [0.25, 0.3) is 0 Å². The van der Waals surface area contributed by atoms with Gasteiger partial charge < -0.3 is 4.74 Å². The molecule has 0 spiro atoms. The molecule has 1 heterocycles. The second-order valence-corrected chi connectivity index (χ2v) is 3.09. The Labute approximate surface area is 73.3 Å². The van der Waals surface area contributed by atoms with E-state index in [1.807, 2.05) is 25.6 Å². The molecule has 0 aliphatic heterocycles. The Bertz CT molecular complexity index is 278. The highest BCUT2D eigenvalue weighted by atomic mass is 16.5. The quantitative estimate of drug-likeness (QED) is 0.672. The third kappa shape index (κ3) is 1.37. The molecule has 12 heavy (non-hydrogen) atoms. The first-order chi connectivity index (χ1) is 5.57. The van der Waals surface area contributed by atoms with Crippen molar-refractivity contribution in [3.05, 3.63) is 17.0 Å². The first-order valence-electron chi connectivity index (χ1n) is 4.10. The number of ether oxygens (including phenoxy) is 1. The van der Waals surface area contributed by atoms with Gasteiger partial charge in [0, 0.05) is 25.4 Å². The molecule has 1 rings (SSSR count). The van der Waals surface area contributed by atoms with Crippen LogP contribution in [0.15, 0.2) is 0 Å². The molecule has 0 aliphatic rings. The lowest BCUT2D eigenvalue weighted by atomic mass is 10.1. The Morgan fingerprint density at radius 3 is 2.33 bits per heavy atom. The van der Waals surface area contributed by atoms with Crippen LogP contribution in [0.2, 0.25) is 0 Å². The molecule has 1 unspecified atom stereocenters. The van der Waals surface area contributed by atoms with Crippen LogP contribution in [-0.2, 0) is 11.8 Å². The van der Waals surface area contributed by atoms with Crippen LogP contribution in [0.25, 0.3) is 0 Å². The third-order valence-electron chi connectivity index (χ3n) is 2.33. The van der Waals surface area contributed by atoms with Gasteiger partial charge in [0.2, 0.25) is 0 Å². The van der Waals surface area contributed by atoms with E-state index in [0.29, 0.717) is 0 Å². The average Bonchev–Trinajstić information content (AvgIpc) is 2.26. The smallest absolute Gasteiger partial charge is 0.0828 e. The number of hydrogen-bond donors (Lipinski definition) is 0. The largest absolute Gasteiger partial charge is 0.377 e. The van der Waals surface area contributed by atoms with Crippen molar-refractivity contribution in [2.75, 3.05) is 7.11 Å². The van der Waals surface area contributed by atoms with Crippen molar-refractivity contribution in [2.45, 2.75) is 26.9 Å². The molecule has 1 aromatic rings. The van der Waals surface area contributed by atoms with Crippen molar-refractivity contribution in [1.29, 1.82) is 0 Å². The van der Waals surface area contributed by atoms with Crippen molar-refractivity contribution >= 4 is 0 Å². The van der Waals surface area contributed by atoms with E-state index in [1.165, 1.54) is 11.3 Å². The Hall–Kier alpha value is -0.830. The molecular formula is C9H16N2O. The Kier molecular flexibility index (Phi) is 2.52. The zero-order valence-electron chi connectivity index (χ0n) is 8.38. The van der Waals surface area contributed by atoms with E-state index in [9.17, 15) is 0 Å². The molecule has 3 heteroatoms. The van der Waals surface area contributed by atoms with Gasteiger partial charge in [-0.15, -0.1) is 0 Å². The van der Waals surface area contributed by atoms with Gasteiger partial charge in [0.15, 0.2) is 0 Å². The molecule has 0 bridgehead atoms. The maximum atomic E-state index is 5.26. The standard InChI is InChI=1S/C9H16N2O/c1-6-9(8(3)12-5)7(2)11(4)10-6/h8H,1-5H3. The lowest BCUT2D eigenvalue weighted by Gasteiger charge is -2.09. The van der Waals surface area contributed by atoms with Gasteiger partial charge in [0.1, 0.15) is 0 Å². The molecular weight excluding hydrogens is 152 g/mol. The predicted octanol–water partition coefficient (Wildman–Crippen LogP) is 1.74. The summed E-state index contributed by atoms with van der Waals surface area (Å²) in [6, 6.07) is 0. The van der Waals surface area contributed by atoms with E-state index >= 15 is 0 Å². The van der Waals surface area contributed by atoms with Gasteiger partial charge in [-0.25, -0.2) is 0 Å². The van der Waals surface area contributed by atoms with Crippen molar-refractivity contribution in [3.8, 4) is 0 Å². The minimum Gasteiger partial charge on any atom is -0.377 e. The van der Waals surface area contributed by atoms with Crippen molar-refractivity contribution < 1.29 is 4.74 Å². The fourth-order valence-electron chi connectivity index (χ4n) is 1.50. The molecule has 68 valence electrons. The molecule has 0 fully saturated rings. The molecule has 0 radical (unpaired) electrons. The number of methoxy groups -OCH3 is 1. The number of nitrogens with zero attached hydrogens (tertiary/aromatic N) is 2. The number of hydrogen-bond acceptors (Lipinski definition) is 2. The highest BCUT2D eigenvalue weighted by molar-refractivity contribution is 5.26. The third-order valence-corrected chi connectivity index (χ3v) is 2.33. The molecule has 1 aromatic heterocycles. The van der Waals surface area contributed by atoms with Crippen LogP contribution in [0.4, 0.5) is 0 Å². The fourth-order valence-corrected chi connectivity index (χ4v) is 1.50. The van der Waals surface area contributed by atoms with E-state index in [2.05, 4.69) is 12.0 Å². The molecule has 0 aliphatic carbocycles. The highest BCUT2D eigenvalue weighted by Crippen LogP contribution is 2.22. The zero-order chi connectivity index (χ0) is 9.30. The maximum absolute atomic E-state index is 5.26. The topological polar surface area (TPSA) is 27.1 Å². The van der Waals surface area contributed by atoms with Crippen LogP contribution < -0.4 is 0 Å². The monoisotopic (exact) mass is 168 g/mol. The average molecular weight is 168 g/mol. The van der Waals surface area contributed by atoms with Crippen LogP contribution in [-0.4, -0.2) is 16.9 Å². The van der Waals surface area contributed by atoms with Crippen LogP contribution in [0.5, 0.6) is 0 Å². The number of aryl methyl sites for hydroxylation is 2. The second kappa shape index (κ2) is 3.27. The van der Waals surface area contributed by atoms with Gasteiger partial charge in [-0.05, 0) is 20.8 Å². The van der Waals surface area contributed by atoms with Gasteiger partial charge in [-0.1, -0.05) is 0 Å². The number of aromatic nitrogens is 2. The normalized spacial score (nSPS) is 13.4. The molecule has 3 nitrogen and oxygen atoms in total. The summed E-state index contributed by atoms with van der Waals surface area (Å²) >= 11 is 0. The lowest BCUT2D eigenvalue weighted by Crippen LogP contribution is -1.99. The SMILES string of the molecule is COC(C)c1c(C)nn(C)c1C. The first kappa shape index (κ1) is 9.26. The molecule has 1 atom stereocenters. The molecule has 0 N–H and O–H groups in total. The summed E-state index contributed by atoms with van der Waals surface area (Å²) in [5, 5.41) is 4.32. The minimum absolute atomic E-state index is 0.138. The Morgan fingerprint density at radius 1 is 1.42 bits per heavy atom. The summed E-state index contributed by atoms with van der Waals surface area (Å²) in [6.45, 7) is 6.11. The summed E-state index contributed by atoms with van der Waals surface area (Å²) < 4.78 is 7.15. The van der Waals surface area contributed by atoms with E-state index in [4.69, 9.17) is 4.74 Å². The van der Waals surface area contributed by atoms with Gasteiger partial charge >= 0.3 is 0 Å². The van der Waals surface area contributed by atoms with Crippen molar-refractivity contribution in [2.24, 2.45) is 7.05 Å². The fraction of sp³-hybridized carbons (Fsp3) is 0.667. The van der Waals surface area contributed by atoms with E-state index in [0.717, 1.165) is 5.69 Å². The summed E-state index contributed by atoms with van der Waals surface area (Å²) in [4.78, 5) is 0. The number of rotatable bonds is 2. The molecule has 0 aromatic carbocycles. The summed E-state index contributed by atoms with van der Waals surface area (Å²) in [5.74, 6) is 0. The zero-order valence-corrected chi connectivity index (χ0v) is 8.38. The van der Waals surface area contributed by atoms with Crippen LogP contribution in [0.1, 0.15) is 30.0 Å². The van der Waals surface area contributed by atoms with Crippen molar-refractivity contribution in [1.82, 2.24) is 9.78 Å². The van der Waals surface area contributed by atoms with Gasteiger partial charge in [0.05, 0.1) is 11.8 Å². The maximum Gasteiger partial charge on any atom is 0.0828 e. The molecule has 0 saturated carbocycles. The highest BCUT2D eigenvalue weighted by Gasteiger charge is 2.14. The lowest BCUT2D eigenvalue weighted by molar-refractivity contribution is 0.118. The molecule has 0 amide bonds. The Morgan fingerprint density at radius 2 is 2.00 bits per heavy atom. The van der Waals surface area contributed by atoms with Crippen LogP contribution in [0, 0.1) is 13.8 Å². The molecule has 0 saturated heterocycles. The van der Waals surface area contributed by atoms with Crippen LogP contribution >= 0.6 is 0 Å². The summed E-state index contributed by atoms with van der Waals surface area (Å²) in [6.07, 6.45) is 0.138. The van der Waals surface area contributed by atoms with E-state index in [-0.39, 0.29) is 6.10 Å².